The van der Waals surface area contributed by atoms with Gasteiger partial charge < -0.3 is 14.4 Å². The molecule has 1 spiro atoms. The van der Waals surface area contributed by atoms with Gasteiger partial charge in [-0.2, -0.15) is 0 Å². The fourth-order valence-electron chi connectivity index (χ4n) is 3.60. The molecule has 2 aliphatic heterocycles. The molecule has 2 aliphatic rings. The van der Waals surface area contributed by atoms with Crippen LogP contribution in [0.3, 0.4) is 0 Å². The molecule has 3 heterocycles. The Hall–Kier alpha value is -2.21. The predicted molar refractivity (Wildman–Crippen MR) is 102 cm³/mol. The molecule has 6 heteroatoms. The fourth-order valence-corrected chi connectivity index (χ4v) is 5.13. The van der Waals surface area contributed by atoms with Crippen LogP contribution >= 0.6 is 11.8 Å². The van der Waals surface area contributed by atoms with Crippen LogP contribution in [0.1, 0.15) is 12.0 Å². The lowest BCUT2D eigenvalue weighted by atomic mass is 9.92. The molecule has 1 unspecified atom stereocenters. The first-order chi connectivity index (χ1) is 12.7. The summed E-state index contributed by atoms with van der Waals surface area (Å²) >= 11 is 1.93. The third kappa shape index (κ3) is 3.65. The lowest BCUT2D eigenvalue weighted by molar-refractivity contribution is -0.135. The number of hydrogen-bond donors (Lipinski definition) is 0. The van der Waals surface area contributed by atoms with Crippen molar-refractivity contribution in [1.29, 1.82) is 0 Å². The van der Waals surface area contributed by atoms with Gasteiger partial charge in [0, 0.05) is 31.5 Å². The number of likely N-dealkylation sites (tertiary alicyclic amines) is 1. The predicted octanol–water partition coefficient (Wildman–Crippen LogP) is 2.80. The second kappa shape index (κ2) is 7.19. The number of carbonyl (C=O) groups excluding carboxylic acids is 1. The highest BCUT2D eigenvalue weighted by molar-refractivity contribution is 8.01. The van der Waals surface area contributed by atoms with E-state index in [0.29, 0.717) is 6.42 Å². The van der Waals surface area contributed by atoms with E-state index >= 15 is 0 Å². The quantitative estimate of drug-likeness (QED) is 0.810. The normalized spacial score (nSPS) is 20.7. The Bertz CT molecular complexity index is 778. The van der Waals surface area contributed by atoms with Crippen molar-refractivity contribution in [3.05, 3.63) is 54.4 Å². The Morgan fingerprint density at radius 1 is 1.31 bits per heavy atom. The number of carbonyl (C=O) groups is 1. The van der Waals surface area contributed by atoms with Crippen molar-refractivity contribution in [3.8, 4) is 11.5 Å². The van der Waals surface area contributed by atoms with Gasteiger partial charge in [0.25, 0.3) is 0 Å². The molecule has 1 atom stereocenters. The molecule has 1 amide bonds. The van der Waals surface area contributed by atoms with Crippen LogP contribution in [-0.2, 0) is 11.2 Å². The van der Waals surface area contributed by atoms with E-state index in [1.807, 2.05) is 53.1 Å². The van der Waals surface area contributed by atoms with Crippen molar-refractivity contribution in [2.45, 2.75) is 23.7 Å². The Balaban J connectivity index is 1.28. The molecule has 0 N–H and O–H groups in total. The number of pyridine rings is 1. The topological polar surface area (TPSA) is 51.7 Å². The maximum atomic E-state index is 12.5. The molecule has 0 aliphatic carbocycles. The summed E-state index contributed by atoms with van der Waals surface area (Å²) < 4.78 is 11.4. The molecule has 2 fully saturated rings. The summed E-state index contributed by atoms with van der Waals surface area (Å²) in [4.78, 5) is 18.6. The summed E-state index contributed by atoms with van der Waals surface area (Å²) in [6.45, 7) is 1.63. The molecular weight excluding hydrogens is 348 g/mol. The molecule has 0 radical (unpaired) electrons. The van der Waals surface area contributed by atoms with Crippen LogP contribution in [-0.4, -0.2) is 52.6 Å². The number of ether oxygens (including phenoxy) is 2. The second-order valence-electron chi connectivity index (χ2n) is 6.90. The van der Waals surface area contributed by atoms with Gasteiger partial charge in [0.15, 0.2) is 0 Å². The molecule has 5 nitrogen and oxygen atoms in total. The molecule has 2 aromatic rings. The number of aromatic nitrogens is 1. The molecule has 4 rings (SSSR count). The van der Waals surface area contributed by atoms with Gasteiger partial charge in [0.1, 0.15) is 17.6 Å². The molecule has 0 bridgehead atoms. The average molecular weight is 370 g/mol. The van der Waals surface area contributed by atoms with Crippen LogP contribution in [0.25, 0.3) is 0 Å². The fraction of sp³-hybridized carbons (Fsp3) is 0.400. The van der Waals surface area contributed by atoms with Crippen LogP contribution in [0.5, 0.6) is 11.5 Å². The van der Waals surface area contributed by atoms with E-state index < -0.39 is 0 Å². The Kier molecular flexibility index (Phi) is 4.76. The summed E-state index contributed by atoms with van der Waals surface area (Å²) in [6.07, 6.45) is 5.10. The Morgan fingerprint density at radius 2 is 2.15 bits per heavy atom. The zero-order chi connectivity index (χ0) is 18.0. The van der Waals surface area contributed by atoms with E-state index in [2.05, 4.69) is 4.98 Å². The van der Waals surface area contributed by atoms with Crippen molar-refractivity contribution in [1.82, 2.24) is 9.88 Å². The van der Waals surface area contributed by atoms with Crippen molar-refractivity contribution >= 4 is 17.7 Å². The summed E-state index contributed by atoms with van der Waals surface area (Å²) in [5.74, 6) is 2.76. The number of rotatable bonds is 5. The van der Waals surface area contributed by atoms with E-state index in [0.717, 1.165) is 42.3 Å². The van der Waals surface area contributed by atoms with Gasteiger partial charge in [0.2, 0.25) is 5.91 Å². The zero-order valence-electron chi connectivity index (χ0n) is 14.8. The van der Waals surface area contributed by atoms with Crippen molar-refractivity contribution in [2.75, 3.05) is 26.0 Å². The summed E-state index contributed by atoms with van der Waals surface area (Å²) in [6, 6.07) is 11.5. The number of thioether (sulfide) groups is 1. The van der Waals surface area contributed by atoms with Gasteiger partial charge in [-0.25, -0.2) is 0 Å². The largest absolute Gasteiger partial charge is 0.497 e. The monoisotopic (exact) mass is 370 g/mol. The zero-order valence-corrected chi connectivity index (χ0v) is 15.6. The maximum absolute atomic E-state index is 12.5. The molecule has 26 heavy (non-hydrogen) atoms. The highest BCUT2D eigenvalue weighted by atomic mass is 32.2. The van der Waals surface area contributed by atoms with Crippen molar-refractivity contribution in [2.24, 2.45) is 0 Å². The maximum Gasteiger partial charge on any atom is 0.227 e. The first-order valence-electron chi connectivity index (χ1n) is 8.77. The van der Waals surface area contributed by atoms with E-state index in [4.69, 9.17) is 9.47 Å². The first kappa shape index (κ1) is 17.2. The molecular formula is C20H22N2O3S. The highest BCUT2D eigenvalue weighted by Gasteiger charge is 2.51. The minimum Gasteiger partial charge on any atom is -0.497 e. The third-order valence-corrected chi connectivity index (χ3v) is 6.49. The molecule has 2 saturated heterocycles. The smallest absolute Gasteiger partial charge is 0.227 e. The number of methoxy groups -OCH3 is 1. The minimum absolute atomic E-state index is 0.164. The standard InChI is InChI=1S/C20H22N2O3S/c1-24-16-5-2-4-15(8-16)9-19(23)22-13-20(14-22)10-18(12-26-20)25-17-6-3-7-21-11-17/h2-8,11,18H,9-10,12-14H2,1H3. The lowest BCUT2D eigenvalue weighted by Gasteiger charge is -2.47. The van der Waals surface area contributed by atoms with Gasteiger partial charge in [0.05, 0.1) is 24.5 Å². The second-order valence-corrected chi connectivity index (χ2v) is 8.39. The summed E-state index contributed by atoms with van der Waals surface area (Å²) in [7, 11) is 1.64. The first-order valence-corrected chi connectivity index (χ1v) is 9.76. The van der Waals surface area contributed by atoms with E-state index in [9.17, 15) is 4.79 Å². The van der Waals surface area contributed by atoms with Gasteiger partial charge in [-0.05, 0) is 29.8 Å². The van der Waals surface area contributed by atoms with Gasteiger partial charge >= 0.3 is 0 Å². The molecule has 1 aromatic heterocycles. The number of hydrogen-bond acceptors (Lipinski definition) is 5. The van der Waals surface area contributed by atoms with Crippen LogP contribution in [0, 0.1) is 0 Å². The number of nitrogens with zero attached hydrogens (tertiary/aromatic N) is 2. The van der Waals surface area contributed by atoms with E-state index in [1.54, 1.807) is 19.5 Å². The molecule has 136 valence electrons. The van der Waals surface area contributed by atoms with Gasteiger partial charge in [-0.1, -0.05) is 12.1 Å². The molecule has 0 saturated carbocycles. The Labute approximate surface area is 157 Å². The third-order valence-electron chi connectivity index (χ3n) is 4.91. The molecule has 1 aromatic carbocycles. The lowest BCUT2D eigenvalue weighted by Crippen LogP contribution is -2.61. The van der Waals surface area contributed by atoms with E-state index in [1.165, 1.54) is 0 Å². The highest BCUT2D eigenvalue weighted by Crippen LogP contribution is 2.46. The van der Waals surface area contributed by atoms with Crippen LogP contribution in [0.15, 0.2) is 48.8 Å². The van der Waals surface area contributed by atoms with Crippen LogP contribution < -0.4 is 9.47 Å². The van der Waals surface area contributed by atoms with Crippen LogP contribution in [0.4, 0.5) is 0 Å². The summed E-state index contributed by atoms with van der Waals surface area (Å²) in [5.41, 5.74) is 0.993. The summed E-state index contributed by atoms with van der Waals surface area (Å²) in [5, 5.41) is 0. The Morgan fingerprint density at radius 3 is 2.92 bits per heavy atom. The van der Waals surface area contributed by atoms with Crippen molar-refractivity contribution < 1.29 is 14.3 Å². The number of benzene rings is 1. The van der Waals surface area contributed by atoms with Crippen LogP contribution in [0.2, 0.25) is 0 Å². The average Bonchev–Trinajstić information content (AvgIpc) is 3.05. The van der Waals surface area contributed by atoms with E-state index in [-0.39, 0.29) is 16.8 Å². The van der Waals surface area contributed by atoms with Gasteiger partial charge in [-0.15, -0.1) is 11.8 Å². The van der Waals surface area contributed by atoms with Crippen molar-refractivity contribution in [3.63, 3.8) is 0 Å². The SMILES string of the molecule is COc1cccc(CC(=O)N2CC3(CC(Oc4cccnc4)CS3)C2)c1. The number of amides is 1. The van der Waals surface area contributed by atoms with Gasteiger partial charge in [-0.3, -0.25) is 9.78 Å². The minimum atomic E-state index is 0.164.